The van der Waals surface area contributed by atoms with E-state index in [0.717, 1.165) is 5.56 Å². The van der Waals surface area contributed by atoms with Gasteiger partial charge in [-0.25, -0.2) is 0 Å². The van der Waals surface area contributed by atoms with Crippen molar-refractivity contribution in [1.29, 1.82) is 0 Å². The summed E-state index contributed by atoms with van der Waals surface area (Å²) in [4.78, 5) is 22.7. The van der Waals surface area contributed by atoms with E-state index in [1.54, 1.807) is 36.4 Å². The zero-order chi connectivity index (χ0) is 14.5. The molecule has 0 spiro atoms. The molecule has 2 aromatic carbocycles. The Morgan fingerprint density at radius 1 is 1.20 bits per heavy atom. The van der Waals surface area contributed by atoms with Gasteiger partial charge in [0, 0.05) is 29.1 Å². The molecular weight excluding hydrogens is 276 g/mol. The molecule has 1 amide bonds. The molecule has 0 radical (unpaired) electrons. The third-order valence-corrected chi connectivity index (χ3v) is 2.99. The van der Waals surface area contributed by atoms with Gasteiger partial charge in [-0.1, -0.05) is 18.2 Å². The van der Waals surface area contributed by atoms with Crippen LogP contribution in [0.1, 0.15) is 15.9 Å². The molecule has 5 nitrogen and oxygen atoms in total. The number of nitrogens with zero attached hydrogens (tertiary/aromatic N) is 1. The standard InChI is InChI=1S/C14H12N2O3S/c17-14(11-2-1-3-13(20)8-11)15-9-10-4-6-12(7-5-10)16(18)19/h1-8,20H,9H2,(H,15,17). The number of nitro benzene ring substituents is 1. The molecule has 0 heterocycles. The number of carbonyl (C=O) groups excluding carboxylic acids is 1. The minimum absolute atomic E-state index is 0.0304. The number of rotatable bonds is 4. The SMILES string of the molecule is O=C(NCc1ccc([N+](=O)[O-])cc1)c1cccc(S)c1. The van der Waals surface area contributed by atoms with E-state index in [4.69, 9.17) is 0 Å². The van der Waals surface area contributed by atoms with Crippen LogP contribution in [0, 0.1) is 10.1 Å². The van der Waals surface area contributed by atoms with Crippen LogP contribution in [0.2, 0.25) is 0 Å². The van der Waals surface area contributed by atoms with Crippen molar-refractivity contribution in [2.75, 3.05) is 0 Å². The van der Waals surface area contributed by atoms with E-state index in [1.165, 1.54) is 12.1 Å². The monoisotopic (exact) mass is 288 g/mol. The Balaban J connectivity index is 1.98. The number of thiol groups is 1. The van der Waals surface area contributed by atoms with Crippen molar-refractivity contribution in [2.24, 2.45) is 0 Å². The normalized spacial score (nSPS) is 10.1. The van der Waals surface area contributed by atoms with E-state index in [9.17, 15) is 14.9 Å². The maximum Gasteiger partial charge on any atom is 0.269 e. The van der Waals surface area contributed by atoms with Crippen molar-refractivity contribution in [3.8, 4) is 0 Å². The first-order chi connectivity index (χ1) is 9.56. The van der Waals surface area contributed by atoms with Crippen molar-refractivity contribution < 1.29 is 9.72 Å². The highest BCUT2D eigenvalue weighted by Gasteiger charge is 2.07. The fourth-order valence-corrected chi connectivity index (χ4v) is 1.89. The predicted molar refractivity (Wildman–Crippen MR) is 78.0 cm³/mol. The molecule has 0 aliphatic carbocycles. The molecule has 0 aliphatic rings. The fourth-order valence-electron chi connectivity index (χ4n) is 1.67. The minimum atomic E-state index is -0.458. The van der Waals surface area contributed by atoms with Gasteiger partial charge in [-0.3, -0.25) is 14.9 Å². The Kier molecular flexibility index (Phi) is 4.37. The molecule has 1 N–H and O–H groups in total. The lowest BCUT2D eigenvalue weighted by atomic mass is 10.2. The molecule has 0 atom stereocenters. The average Bonchev–Trinajstić information content (AvgIpc) is 2.45. The summed E-state index contributed by atoms with van der Waals surface area (Å²) in [5.41, 5.74) is 1.35. The topological polar surface area (TPSA) is 72.2 Å². The first-order valence-corrected chi connectivity index (χ1v) is 6.31. The summed E-state index contributed by atoms with van der Waals surface area (Å²) in [6, 6.07) is 13.0. The summed E-state index contributed by atoms with van der Waals surface area (Å²) in [6.07, 6.45) is 0. The quantitative estimate of drug-likeness (QED) is 0.516. The highest BCUT2D eigenvalue weighted by Crippen LogP contribution is 2.12. The Hall–Kier alpha value is -2.34. The van der Waals surface area contributed by atoms with Gasteiger partial charge in [0.1, 0.15) is 0 Å². The van der Waals surface area contributed by atoms with Gasteiger partial charge in [0.15, 0.2) is 0 Å². The summed E-state index contributed by atoms with van der Waals surface area (Å²) >= 11 is 4.17. The van der Waals surface area contributed by atoms with Crippen molar-refractivity contribution in [3.63, 3.8) is 0 Å². The van der Waals surface area contributed by atoms with Gasteiger partial charge in [-0.05, 0) is 23.8 Å². The lowest BCUT2D eigenvalue weighted by Gasteiger charge is -2.05. The number of amides is 1. The van der Waals surface area contributed by atoms with Gasteiger partial charge in [-0.2, -0.15) is 0 Å². The number of carbonyl (C=O) groups is 1. The maximum atomic E-state index is 11.9. The Morgan fingerprint density at radius 2 is 1.90 bits per heavy atom. The summed E-state index contributed by atoms with van der Waals surface area (Å²) in [7, 11) is 0. The van der Waals surface area contributed by atoms with Gasteiger partial charge >= 0.3 is 0 Å². The Morgan fingerprint density at radius 3 is 2.50 bits per heavy atom. The molecular formula is C14H12N2O3S. The number of nitrogens with one attached hydrogen (secondary N) is 1. The average molecular weight is 288 g/mol. The third kappa shape index (κ3) is 3.58. The number of benzene rings is 2. The second-order valence-electron chi connectivity index (χ2n) is 4.16. The van der Waals surface area contributed by atoms with Crippen molar-refractivity contribution in [1.82, 2.24) is 5.32 Å². The van der Waals surface area contributed by atoms with Crippen molar-refractivity contribution >= 4 is 24.2 Å². The van der Waals surface area contributed by atoms with Gasteiger partial charge in [-0.15, -0.1) is 12.6 Å². The zero-order valence-electron chi connectivity index (χ0n) is 10.4. The third-order valence-electron chi connectivity index (χ3n) is 2.71. The molecule has 6 heteroatoms. The number of non-ortho nitro benzene ring substituents is 1. The van der Waals surface area contributed by atoms with Crippen LogP contribution in [0.5, 0.6) is 0 Å². The van der Waals surface area contributed by atoms with E-state index >= 15 is 0 Å². The summed E-state index contributed by atoms with van der Waals surface area (Å²) in [5, 5.41) is 13.3. The summed E-state index contributed by atoms with van der Waals surface area (Å²) in [5.74, 6) is -0.209. The highest BCUT2D eigenvalue weighted by molar-refractivity contribution is 7.80. The zero-order valence-corrected chi connectivity index (χ0v) is 11.3. The second-order valence-corrected chi connectivity index (χ2v) is 4.67. The first kappa shape index (κ1) is 14.1. The van der Waals surface area contributed by atoms with E-state index in [2.05, 4.69) is 17.9 Å². The molecule has 0 saturated heterocycles. The number of hydrogen-bond acceptors (Lipinski definition) is 4. The molecule has 0 unspecified atom stereocenters. The molecule has 0 aliphatic heterocycles. The van der Waals surface area contributed by atoms with E-state index in [0.29, 0.717) is 17.0 Å². The van der Waals surface area contributed by atoms with Crippen molar-refractivity contribution in [2.45, 2.75) is 11.4 Å². The van der Waals surface area contributed by atoms with Crippen LogP contribution in [-0.4, -0.2) is 10.8 Å². The van der Waals surface area contributed by atoms with Crippen LogP contribution in [0.15, 0.2) is 53.4 Å². The highest BCUT2D eigenvalue weighted by atomic mass is 32.1. The van der Waals surface area contributed by atoms with Gasteiger partial charge in [0.2, 0.25) is 0 Å². The molecule has 0 aromatic heterocycles. The minimum Gasteiger partial charge on any atom is -0.348 e. The van der Waals surface area contributed by atoms with Crippen LogP contribution < -0.4 is 5.32 Å². The number of nitro groups is 1. The summed E-state index contributed by atoms with van der Waals surface area (Å²) < 4.78 is 0. The Bertz CT molecular complexity index is 641. The van der Waals surface area contributed by atoms with E-state index in [-0.39, 0.29) is 11.6 Å². The molecule has 2 aromatic rings. The molecule has 102 valence electrons. The van der Waals surface area contributed by atoms with Gasteiger partial charge in [0.25, 0.3) is 11.6 Å². The van der Waals surface area contributed by atoms with Crippen LogP contribution >= 0.6 is 12.6 Å². The van der Waals surface area contributed by atoms with Gasteiger partial charge < -0.3 is 5.32 Å². The Labute approximate surface area is 121 Å². The van der Waals surface area contributed by atoms with Crippen LogP contribution in [-0.2, 0) is 6.54 Å². The van der Waals surface area contributed by atoms with Crippen LogP contribution in [0.3, 0.4) is 0 Å². The lowest BCUT2D eigenvalue weighted by molar-refractivity contribution is -0.384. The van der Waals surface area contributed by atoms with Gasteiger partial charge in [0.05, 0.1) is 4.92 Å². The van der Waals surface area contributed by atoms with E-state index < -0.39 is 4.92 Å². The second kappa shape index (κ2) is 6.21. The lowest BCUT2D eigenvalue weighted by Crippen LogP contribution is -2.22. The van der Waals surface area contributed by atoms with Crippen LogP contribution in [0.25, 0.3) is 0 Å². The molecule has 20 heavy (non-hydrogen) atoms. The largest absolute Gasteiger partial charge is 0.348 e. The fraction of sp³-hybridized carbons (Fsp3) is 0.0714. The summed E-state index contributed by atoms with van der Waals surface area (Å²) in [6.45, 7) is 0.313. The first-order valence-electron chi connectivity index (χ1n) is 5.87. The predicted octanol–water partition coefficient (Wildman–Crippen LogP) is 2.81. The smallest absolute Gasteiger partial charge is 0.269 e. The number of hydrogen-bond donors (Lipinski definition) is 2. The van der Waals surface area contributed by atoms with E-state index in [1.807, 2.05) is 0 Å². The molecule has 0 fully saturated rings. The van der Waals surface area contributed by atoms with Crippen molar-refractivity contribution in [3.05, 3.63) is 69.8 Å². The molecule has 0 saturated carbocycles. The van der Waals surface area contributed by atoms with Crippen LogP contribution in [0.4, 0.5) is 5.69 Å². The maximum absolute atomic E-state index is 11.9. The molecule has 0 bridgehead atoms. The molecule has 2 rings (SSSR count).